The van der Waals surface area contributed by atoms with Crippen molar-refractivity contribution in [3.63, 3.8) is 0 Å². The van der Waals surface area contributed by atoms with E-state index in [0.717, 1.165) is 0 Å². The standard InChI is InChI=1S/C11H21N/c1-8-6-7-10(11(3,4)5)12-9(8)2/h6-10,12H,1-5H3. The third-order valence-electron chi connectivity index (χ3n) is 2.77. The minimum Gasteiger partial charge on any atom is -0.307 e. The van der Waals surface area contributed by atoms with Gasteiger partial charge in [0, 0.05) is 12.1 Å². The minimum atomic E-state index is 0.338. The summed E-state index contributed by atoms with van der Waals surface area (Å²) in [7, 11) is 0. The fourth-order valence-corrected chi connectivity index (χ4v) is 1.48. The monoisotopic (exact) mass is 167 g/mol. The summed E-state index contributed by atoms with van der Waals surface area (Å²) < 4.78 is 0. The van der Waals surface area contributed by atoms with Crippen molar-refractivity contribution in [2.24, 2.45) is 11.3 Å². The van der Waals surface area contributed by atoms with Crippen molar-refractivity contribution in [1.82, 2.24) is 5.32 Å². The highest BCUT2D eigenvalue weighted by molar-refractivity contribution is 5.07. The van der Waals surface area contributed by atoms with Crippen molar-refractivity contribution >= 4 is 0 Å². The minimum absolute atomic E-state index is 0.338. The fraction of sp³-hybridized carbons (Fsp3) is 0.818. The molecule has 1 N–H and O–H groups in total. The molecule has 1 aliphatic rings. The van der Waals surface area contributed by atoms with Crippen molar-refractivity contribution < 1.29 is 0 Å². The topological polar surface area (TPSA) is 12.0 Å². The molecule has 0 bridgehead atoms. The second-order valence-electron chi connectivity index (χ2n) is 5.04. The second kappa shape index (κ2) is 3.21. The summed E-state index contributed by atoms with van der Waals surface area (Å²) in [5.41, 5.74) is 0.338. The maximum absolute atomic E-state index is 3.62. The summed E-state index contributed by atoms with van der Waals surface area (Å²) in [5.74, 6) is 0.670. The van der Waals surface area contributed by atoms with Gasteiger partial charge in [0.1, 0.15) is 0 Å². The smallest absolute Gasteiger partial charge is 0.0301 e. The Labute approximate surface area is 76.2 Å². The summed E-state index contributed by atoms with van der Waals surface area (Å²) in [6, 6.07) is 1.14. The molecule has 0 aromatic carbocycles. The van der Waals surface area contributed by atoms with Crippen LogP contribution in [-0.4, -0.2) is 12.1 Å². The lowest BCUT2D eigenvalue weighted by molar-refractivity contribution is 0.263. The van der Waals surface area contributed by atoms with E-state index in [2.05, 4.69) is 52.1 Å². The first kappa shape index (κ1) is 9.79. The maximum Gasteiger partial charge on any atom is 0.0301 e. The van der Waals surface area contributed by atoms with E-state index >= 15 is 0 Å². The lowest BCUT2D eigenvalue weighted by Gasteiger charge is -2.36. The van der Waals surface area contributed by atoms with Gasteiger partial charge in [-0.3, -0.25) is 0 Å². The van der Waals surface area contributed by atoms with Gasteiger partial charge in [-0.25, -0.2) is 0 Å². The molecule has 1 heterocycles. The predicted octanol–water partition coefficient (Wildman–Crippen LogP) is 2.59. The summed E-state index contributed by atoms with van der Waals surface area (Å²) in [4.78, 5) is 0. The Bertz CT molecular complexity index is 176. The molecule has 1 rings (SSSR count). The van der Waals surface area contributed by atoms with Gasteiger partial charge in [0.2, 0.25) is 0 Å². The normalized spacial score (nSPS) is 36.9. The fourth-order valence-electron chi connectivity index (χ4n) is 1.48. The van der Waals surface area contributed by atoms with Gasteiger partial charge >= 0.3 is 0 Å². The summed E-state index contributed by atoms with van der Waals surface area (Å²) >= 11 is 0. The van der Waals surface area contributed by atoms with Gasteiger partial charge in [0.25, 0.3) is 0 Å². The third kappa shape index (κ3) is 2.10. The van der Waals surface area contributed by atoms with Crippen molar-refractivity contribution in [3.8, 4) is 0 Å². The van der Waals surface area contributed by atoms with E-state index in [-0.39, 0.29) is 0 Å². The highest BCUT2D eigenvalue weighted by atomic mass is 15.0. The van der Waals surface area contributed by atoms with E-state index in [4.69, 9.17) is 0 Å². The first-order valence-corrected chi connectivity index (χ1v) is 4.85. The largest absolute Gasteiger partial charge is 0.307 e. The van der Waals surface area contributed by atoms with Crippen LogP contribution in [-0.2, 0) is 0 Å². The summed E-state index contributed by atoms with van der Waals surface area (Å²) in [6.45, 7) is 11.3. The second-order valence-corrected chi connectivity index (χ2v) is 5.04. The van der Waals surface area contributed by atoms with Gasteiger partial charge in [-0.15, -0.1) is 0 Å². The average Bonchev–Trinajstić information content (AvgIpc) is 1.92. The first-order valence-electron chi connectivity index (χ1n) is 4.85. The van der Waals surface area contributed by atoms with Crippen molar-refractivity contribution in [2.75, 3.05) is 0 Å². The molecule has 0 radical (unpaired) electrons. The molecule has 70 valence electrons. The summed E-state index contributed by atoms with van der Waals surface area (Å²) in [6.07, 6.45) is 4.64. The zero-order valence-electron chi connectivity index (χ0n) is 8.89. The Morgan fingerprint density at radius 2 is 1.67 bits per heavy atom. The highest BCUT2D eigenvalue weighted by Gasteiger charge is 2.27. The third-order valence-corrected chi connectivity index (χ3v) is 2.77. The molecule has 0 saturated heterocycles. The zero-order valence-corrected chi connectivity index (χ0v) is 8.89. The molecule has 0 amide bonds. The lowest BCUT2D eigenvalue weighted by Crippen LogP contribution is -2.48. The van der Waals surface area contributed by atoms with Gasteiger partial charge in [-0.05, 0) is 18.3 Å². The van der Waals surface area contributed by atoms with Crippen LogP contribution in [0.5, 0.6) is 0 Å². The molecule has 0 aliphatic carbocycles. The van der Waals surface area contributed by atoms with Crippen LogP contribution in [0, 0.1) is 11.3 Å². The molecule has 0 aromatic rings. The number of hydrogen-bond donors (Lipinski definition) is 1. The Morgan fingerprint density at radius 1 is 1.08 bits per heavy atom. The van der Waals surface area contributed by atoms with Crippen molar-refractivity contribution in [1.29, 1.82) is 0 Å². The maximum atomic E-state index is 3.62. The molecule has 3 unspecified atom stereocenters. The Kier molecular flexibility index (Phi) is 2.62. The molecule has 0 fully saturated rings. The molecule has 1 nitrogen and oxygen atoms in total. The van der Waals surface area contributed by atoms with E-state index in [1.54, 1.807) is 0 Å². The van der Waals surface area contributed by atoms with Gasteiger partial charge in [-0.1, -0.05) is 39.8 Å². The van der Waals surface area contributed by atoms with E-state index in [9.17, 15) is 0 Å². The van der Waals surface area contributed by atoms with Crippen LogP contribution < -0.4 is 5.32 Å². The zero-order chi connectivity index (χ0) is 9.35. The average molecular weight is 167 g/mol. The van der Waals surface area contributed by atoms with Crippen LogP contribution in [0.4, 0.5) is 0 Å². The van der Waals surface area contributed by atoms with E-state index in [1.165, 1.54) is 0 Å². The van der Waals surface area contributed by atoms with Crippen LogP contribution in [0.3, 0.4) is 0 Å². The van der Waals surface area contributed by atoms with Gasteiger partial charge in [0.05, 0.1) is 0 Å². The van der Waals surface area contributed by atoms with Crippen LogP contribution in [0.2, 0.25) is 0 Å². The Morgan fingerprint density at radius 3 is 2.08 bits per heavy atom. The molecule has 1 heteroatoms. The molecular formula is C11H21N. The van der Waals surface area contributed by atoms with Crippen LogP contribution in [0.15, 0.2) is 12.2 Å². The quantitative estimate of drug-likeness (QED) is 0.547. The molecule has 3 atom stereocenters. The van der Waals surface area contributed by atoms with Crippen LogP contribution >= 0.6 is 0 Å². The molecule has 12 heavy (non-hydrogen) atoms. The van der Waals surface area contributed by atoms with Crippen molar-refractivity contribution in [3.05, 3.63) is 12.2 Å². The Balaban J connectivity index is 2.67. The van der Waals surface area contributed by atoms with Crippen molar-refractivity contribution in [2.45, 2.75) is 46.7 Å². The number of hydrogen-bond acceptors (Lipinski definition) is 1. The van der Waals surface area contributed by atoms with Gasteiger partial charge < -0.3 is 5.32 Å². The molecular weight excluding hydrogens is 146 g/mol. The van der Waals surface area contributed by atoms with E-state index < -0.39 is 0 Å². The molecule has 0 spiro atoms. The van der Waals surface area contributed by atoms with E-state index in [1.807, 2.05) is 0 Å². The Hall–Kier alpha value is -0.300. The van der Waals surface area contributed by atoms with Gasteiger partial charge in [-0.2, -0.15) is 0 Å². The molecule has 1 aliphatic heterocycles. The SMILES string of the molecule is CC1C=CC(C(C)(C)C)NC1C. The van der Waals surface area contributed by atoms with Crippen LogP contribution in [0.25, 0.3) is 0 Å². The predicted molar refractivity (Wildman–Crippen MR) is 54.1 cm³/mol. The lowest BCUT2D eigenvalue weighted by atomic mass is 9.82. The molecule has 0 aromatic heterocycles. The van der Waals surface area contributed by atoms with Gasteiger partial charge in [0.15, 0.2) is 0 Å². The highest BCUT2D eigenvalue weighted by Crippen LogP contribution is 2.25. The number of nitrogens with one attached hydrogen (secondary N) is 1. The van der Waals surface area contributed by atoms with E-state index in [0.29, 0.717) is 23.4 Å². The molecule has 0 saturated carbocycles. The van der Waals surface area contributed by atoms with Crippen LogP contribution in [0.1, 0.15) is 34.6 Å². The summed E-state index contributed by atoms with van der Waals surface area (Å²) in [5, 5.41) is 3.62. The first-order chi connectivity index (χ1) is 5.41. The number of rotatable bonds is 0.